The third kappa shape index (κ3) is 1.85. The topological polar surface area (TPSA) is 36.4 Å². The normalized spacial score (nSPS) is 17.9. The number of aliphatic hydroxyl groups excluding tert-OH is 1. The molecule has 0 spiro atoms. The molecule has 18 heavy (non-hydrogen) atoms. The van der Waals surface area contributed by atoms with Crippen LogP contribution in [0.1, 0.15) is 17.2 Å². The van der Waals surface area contributed by atoms with E-state index in [0.717, 1.165) is 22.6 Å². The summed E-state index contributed by atoms with van der Waals surface area (Å²) in [5, 5.41) is 10.8. The Balaban J connectivity index is 2.08. The zero-order valence-electron chi connectivity index (χ0n) is 9.97. The van der Waals surface area contributed by atoms with Crippen LogP contribution in [-0.4, -0.2) is 16.6 Å². The first-order chi connectivity index (χ1) is 8.65. The summed E-state index contributed by atoms with van der Waals surface area (Å²) in [6.45, 7) is 2.54. The van der Waals surface area contributed by atoms with Crippen molar-refractivity contribution in [3.63, 3.8) is 0 Å². The second-order valence-corrected chi connectivity index (χ2v) is 4.96. The van der Waals surface area contributed by atoms with E-state index in [0.29, 0.717) is 11.6 Å². The van der Waals surface area contributed by atoms with Gasteiger partial charge in [-0.25, -0.2) is 4.98 Å². The van der Waals surface area contributed by atoms with Crippen LogP contribution in [0.15, 0.2) is 36.5 Å². The average Bonchev–Trinajstić information content (AvgIpc) is 2.67. The Hall–Kier alpha value is -1.58. The number of hydrogen-bond acceptors (Lipinski definition) is 3. The van der Waals surface area contributed by atoms with E-state index in [2.05, 4.69) is 4.98 Å². The summed E-state index contributed by atoms with van der Waals surface area (Å²) in [5.41, 5.74) is 3.10. The molecule has 92 valence electrons. The van der Waals surface area contributed by atoms with Gasteiger partial charge in [-0.15, -0.1) is 0 Å². The van der Waals surface area contributed by atoms with Crippen molar-refractivity contribution in [2.24, 2.45) is 0 Å². The number of anilines is 2. The Morgan fingerprint density at radius 1 is 1.33 bits per heavy atom. The molecule has 0 saturated heterocycles. The van der Waals surface area contributed by atoms with Crippen LogP contribution in [0.5, 0.6) is 0 Å². The van der Waals surface area contributed by atoms with Crippen molar-refractivity contribution >= 4 is 23.1 Å². The quantitative estimate of drug-likeness (QED) is 0.855. The van der Waals surface area contributed by atoms with Gasteiger partial charge in [0.1, 0.15) is 5.82 Å². The predicted octanol–water partition coefficient (Wildman–Crippen LogP) is 3.23. The van der Waals surface area contributed by atoms with E-state index in [1.165, 1.54) is 0 Å². The predicted molar refractivity (Wildman–Crippen MR) is 72.4 cm³/mol. The molecule has 1 aromatic heterocycles. The van der Waals surface area contributed by atoms with E-state index in [-0.39, 0.29) is 0 Å². The van der Waals surface area contributed by atoms with Crippen molar-refractivity contribution < 1.29 is 5.11 Å². The first-order valence-corrected chi connectivity index (χ1v) is 6.20. The van der Waals surface area contributed by atoms with Crippen molar-refractivity contribution in [2.45, 2.75) is 13.0 Å². The number of aliphatic hydroxyl groups is 1. The number of fused-ring (bicyclic) bond motifs is 1. The van der Waals surface area contributed by atoms with Crippen molar-refractivity contribution in [1.82, 2.24) is 4.98 Å². The molecule has 0 amide bonds. The molecule has 0 bridgehead atoms. The lowest BCUT2D eigenvalue weighted by molar-refractivity contribution is 0.196. The highest BCUT2D eigenvalue weighted by atomic mass is 35.5. The molecule has 0 fully saturated rings. The molecule has 1 aromatic carbocycles. The van der Waals surface area contributed by atoms with E-state index >= 15 is 0 Å². The summed E-state index contributed by atoms with van der Waals surface area (Å²) in [6.07, 6.45) is 1.21. The molecule has 2 aromatic rings. The lowest BCUT2D eigenvalue weighted by Gasteiger charge is -2.18. The standard InChI is InChI=1S/C14H13ClN2O/c1-9-2-3-12-11(6-9)13(18)8-17(12)14-7-10(15)4-5-16-14/h2-7,13,18H,8H2,1H3. The van der Waals surface area contributed by atoms with Gasteiger partial charge in [-0.1, -0.05) is 29.3 Å². The van der Waals surface area contributed by atoms with E-state index in [9.17, 15) is 5.11 Å². The molecular formula is C14H13ClN2O. The van der Waals surface area contributed by atoms with E-state index in [1.807, 2.05) is 36.1 Å². The van der Waals surface area contributed by atoms with Gasteiger partial charge >= 0.3 is 0 Å². The number of rotatable bonds is 1. The Morgan fingerprint density at radius 3 is 2.94 bits per heavy atom. The van der Waals surface area contributed by atoms with Gasteiger partial charge in [0.25, 0.3) is 0 Å². The van der Waals surface area contributed by atoms with Crippen LogP contribution < -0.4 is 4.90 Å². The third-order valence-corrected chi connectivity index (χ3v) is 3.41. The average molecular weight is 261 g/mol. The summed E-state index contributed by atoms with van der Waals surface area (Å²) in [4.78, 5) is 6.30. The molecule has 0 saturated carbocycles. The summed E-state index contributed by atoms with van der Waals surface area (Å²) >= 11 is 5.98. The third-order valence-electron chi connectivity index (χ3n) is 3.17. The van der Waals surface area contributed by atoms with Crippen LogP contribution in [0.4, 0.5) is 11.5 Å². The Kier molecular flexibility index (Phi) is 2.73. The summed E-state index contributed by atoms with van der Waals surface area (Å²) in [6, 6.07) is 9.62. The first kappa shape index (κ1) is 11.5. The molecule has 1 unspecified atom stereocenters. The maximum Gasteiger partial charge on any atom is 0.134 e. The summed E-state index contributed by atoms with van der Waals surface area (Å²) in [7, 11) is 0. The van der Waals surface area contributed by atoms with Crippen LogP contribution in [0, 0.1) is 6.92 Å². The second kappa shape index (κ2) is 4.26. The highest BCUT2D eigenvalue weighted by Crippen LogP contribution is 2.39. The number of β-amino-alcohol motifs (C(OH)–C–C–N with tert-alkyl or cyclic N) is 1. The van der Waals surface area contributed by atoms with Crippen LogP contribution in [0.3, 0.4) is 0 Å². The lowest BCUT2D eigenvalue weighted by atomic mass is 10.1. The zero-order chi connectivity index (χ0) is 12.7. The van der Waals surface area contributed by atoms with Gasteiger partial charge in [-0.2, -0.15) is 0 Å². The molecular weight excluding hydrogens is 248 g/mol. The van der Waals surface area contributed by atoms with Crippen LogP contribution in [0.2, 0.25) is 5.02 Å². The highest BCUT2D eigenvalue weighted by Gasteiger charge is 2.28. The van der Waals surface area contributed by atoms with Crippen LogP contribution >= 0.6 is 11.6 Å². The zero-order valence-corrected chi connectivity index (χ0v) is 10.7. The minimum Gasteiger partial charge on any atom is -0.386 e. The van der Waals surface area contributed by atoms with E-state index < -0.39 is 6.10 Å². The number of halogens is 1. The van der Waals surface area contributed by atoms with Gasteiger partial charge in [0.05, 0.1) is 12.6 Å². The Labute approximate surface area is 111 Å². The van der Waals surface area contributed by atoms with Crippen molar-refractivity contribution in [2.75, 3.05) is 11.4 Å². The maximum atomic E-state index is 10.1. The molecule has 1 aliphatic heterocycles. The van der Waals surface area contributed by atoms with Crippen LogP contribution in [-0.2, 0) is 0 Å². The smallest absolute Gasteiger partial charge is 0.134 e. The van der Waals surface area contributed by atoms with Gasteiger partial charge < -0.3 is 10.0 Å². The van der Waals surface area contributed by atoms with E-state index in [1.54, 1.807) is 12.3 Å². The molecule has 0 aliphatic carbocycles. The highest BCUT2D eigenvalue weighted by molar-refractivity contribution is 6.30. The Morgan fingerprint density at radius 2 is 2.17 bits per heavy atom. The molecule has 4 heteroatoms. The molecule has 1 N–H and O–H groups in total. The van der Waals surface area contributed by atoms with Crippen LogP contribution in [0.25, 0.3) is 0 Å². The minimum absolute atomic E-state index is 0.472. The Bertz CT molecular complexity index is 600. The van der Waals surface area contributed by atoms with Crippen molar-refractivity contribution in [3.8, 4) is 0 Å². The summed E-state index contributed by atoms with van der Waals surface area (Å²) in [5.74, 6) is 0.768. The van der Waals surface area contributed by atoms with Gasteiger partial charge in [0, 0.05) is 22.5 Å². The second-order valence-electron chi connectivity index (χ2n) is 4.52. The number of aryl methyl sites for hydroxylation is 1. The molecule has 3 rings (SSSR count). The minimum atomic E-state index is -0.472. The maximum absolute atomic E-state index is 10.1. The van der Waals surface area contributed by atoms with Gasteiger partial charge in [0.15, 0.2) is 0 Å². The summed E-state index contributed by atoms with van der Waals surface area (Å²) < 4.78 is 0. The van der Waals surface area contributed by atoms with Crippen molar-refractivity contribution in [3.05, 3.63) is 52.7 Å². The van der Waals surface area contributed by atoms with E-state index in [4.69, 9.17) is 11.6 Å². The fourth-order valence-electron chi connectivity index (χ4n) is 2.31. The molecule has 1 aliphatic rings. The van der Waals surface area contributed by atoms with Gasteiger partial charge in [0.2, 0.25) is 0 Å². The molecule has 3 nitrogen and oxygen atoms in total. The monoisotopic (exact) mass is 260 g/mol. The fourth-order valence-corrected chi connectivity index (χ4v) is 2.47. The number of aromatic nitrogens is 1. The number of pyridine rings is 1. The molecule has 0 radical (unpaired) electrons. The first-order valence-electron chi connectivity index (χ1n) is 5.83. The molecule has 2 heterocycles. The number of hydrogen-bond donors (Lipinski definition) is 1. The van der Waals surface area contributed by atoms with Gasteiger partial charge in [-0.05, 0) is 25.1 Å². The van der Waals surface area contributed by atoms with Gasteiger partial charge in [-0.3, -0.25) is 0 Å². The number of benzene rings is 1. The molecule has 1 atom stereocenters. The fraction of sp³-hybridized carbons (Fsp3) is 0.214. The van der Waals surface area contributed by atoms with Crippen molar-refractivity contribution in [1.29, 1.82) is 0 Å². The number of nitrogens with zero attached hydrogens (tertiary/aromatic N) is 2. The largest absolute Gasteiger partial charge is 0.386 e. The lowest BCUT2D eigenvalue weighted by Crippen LogP contribution is -2.16. The SMILES string of the molecule is Cc1ccc2c(c1)C(O)CN2c1cc(Cl)ccn1.